The normalized spacial score (nSPS) is 11.6. The van der Waals surface area contributed by atoms with Gasteiger partial charge in [0.15, 0.2) is 16.4 Å². The molecule has 0 aliphatic heterocycles. The number of thioether (sulfide) groups is 1. The summed E-state index contributed by atoms with van der Waals surface area (Å²) in [4.78, 5) is 4.63. The molecule has 3 nitrogen and oxygen atoms in total. The van der Waals surface area contributed by atoms with Crippen LogP contribution in [0.4, 0.5) is 13.2 Å². The van der Waals surface area contributed by atoms with Crippen LogP contribution in [0.5, 0.6) is 0 Å². The third kappa shape index (κ3) is 5.22. The minimum absolute atomic E-state index is 0.184. The van der Waals surface area contributed by atoms with E-state index in [1.165, 1.54) is 42.6 Å². The largest absolute Gasteiger partial charge is 0.624 e. The highest BCUT2D eigenvalue weighted by atomic mass is 32.2. The molecule has 0 bridgehead atoms. The second-order valence-corrected chi connectivity index (χ2v) is 5.37. The first-order valence-electron chi connectivity index (χ1n) is 4.52. The predicted octanol–water partition coefficient (Wildman–Crippen LogP) is 3.26. The highest BCUT2D eigenvalue weighted by Gasteiger charge is 2.07. The fourth-order valence-corrected chi connectivity index (χ4v) is 2.87. The molecule has 0 saturated heterocycles. The minimum Gasteiger partial charge on any atom is -0.624 e. The predicted molar refractivity (Wildman–Crippen MR) is 62.5 cm³/mol. The van der Waals surface area contributed by atoms with Gasteiger partial charge in [-0.2, -0.15) is 8.78 Å². The van der Waals surface area contributed by atoms with Crippen molar-refractivity contribution in [1.82, 2.24) is 4.98 Å². The van der Waals surface area contributed by atoms with E-state index >= 15 is 0 Å². The molecule has 1 heterocycles. The molecule has 17 heavy (non-hydrogen) atoms. The lowest BCUT2D eigenvalue weighted by Crippen LogP contribution is -1.94. The molecule has 0 aliphatic rings. The van der Waals surface area contributed by atoms with E-state index in [2.05, 4.69) is 4.98 Å². The van der Waals surface area contributed by atoms with Gasteiger partial charge in [0.05, 0.1) is 6.20 Å². The smallest absolute Gasteiger partial charge is 0.301 e. The first-order valence-corrected chi connectivity index (χ1v) is 6.32. The van der Waals surface area contributed by atoms with E-state index < -0.39 is 11.9 Å². The molecular formula is C9H9F3N2OS2. The molecule has 0 amide bonds. The van der Waals surface area contributed by atoms with Gasteiger partial charge in [-0.05, 0) is 0 Å². The van der Waals surface area contributed by atoms with Crippen LogP contribution in [0.25, 0.3) is 0 Å². The minimum atomic E-state index is -2.27. The zero-order chi connectivity index (χ0) is 12.8. The fraction of sp³-hybridized carbons (Fsp3) is 0.333. The van der Waals surface area contributed by atoms with Crippen LogP contribution in [-0.2, 0) is 0 Å². The van der Waals surface area contributed by atoms with E-state index in [4.69, 9.17) is 0 Å². The van der Waals surface area contributed by atoms with Crippen LogP contribution in [0, 0.1) is 5.21 Å². The molecular weight excluding hydrogens is 273 g/mol. The maximum Gasteiger partial charge on any atom is 0.301 e. The van der Waals surface area contributed by atoms with E-state index in [1.807, 2.05) is 0 Å². The van der Waals surface area contributed by atoms with E-state index in [0.717, 1.165) is 0 Å². The summed E-state index contributed by atoms with van der Waals surface area (Å²) in [6.45, 7) is 0. The third-order valence-corrected chi connectivity index (χ3v) is 3.65. The van der Waals surface area contributed by atoms with Crippen molar-refractivity contribution >= 4 is 29.3 Å². The number of hydrogen-bond acceptors (Lipinski definition) is 4. The van der Waals surface area contributed by atoms with Gasteiger partial charge in [-0.15, -0.1) is 11.3 Å². The highest BCUT2D eigenvalue weighted by Crippen LogP contribution is 2.26. The van der Waals surface area contributed by atoms with Crippen LogP contribution in [0.2, 0.25) is 0 Å². The Morgan fingerprint density at radius 2 is 2.29 bits per heavy atom. The van der Waals surface area contributed by atoms with Crippen LogP contribution < -0.4 is 0 Å². The zero-order valence-electron chi connectivity index (χ0n) is 8.82. The van der Waals surface area contributed by atoms with Gasteiger partial charge in [-0.3, -0.25) is 0 Å². The van der Waals surface area contributed by atoms with Gasteiger partial charge >= 0.3 is 6.08 Å². The van der Waals surface area contributed by atoms with Crippen LogP contribution >= 0.6 is 23.1 Å². The van der Waals surface area contributed by atoms with Crippen molar-refractivity contribution in [1.29, 1.82) is 0 Å². The first kappa shape index (κ1) is 14.0. The van der Waals surface area contributed by atoms with Gasteiger partial charge in [0.25, 0.3) is 0 Å². The van der Waals surface area contributed by atoms with E-state index in [-0.39, 0.29) is 12.2 Å². The Morgan fingerprint density at radius 3 is 2.88 bits per heavy atom. The van der Waals surface area contributed by atoms with Gasteiger partial charge in [-0.25, -0.2) is 14.1 Å². The van der Waals surface area contributed by atoms with Crippen molar-refractivity contribution in [3.63, 3.8) is 0 Å². The Bertz CT molecular complexity index is 437. The monoisotopic (exact) mass is 282 g/mol. The molecule has 0 N–H and O–H groups in total. The van der Waals surface area contributed by atoms with Crippen molar-refractivity contribution in [3.05, 3.63) is 28.2 Å². The molecule has 0 aromatic carbocycles. The fourth-order valence-electron chi connectivity index (χ4n) is 0.898. The molecule has 1 aromatic rings. The van der Waals surface area contributed by atoms with E-state index in [0.29, 0.717) is 14.0 Å². The molecule has 0 spiro atoms. The quantitative estimate of drug-likeness (QED) is 0.273. The number of nitrogens with zero attached hydrogens (tertiary/aromatic N) is 2. The molecule has 8 heteroatoms. The first-order chi connectivity index (χ1) is 7.99. The van der Waals surface area contributed by atoms with Crippen molar-refractivity contribution in [2.24, 2.45) is 0 Å². The molecule has 1 rings (SSSR count). The Morgan fingerprint density at radius 1 is 1.59 bits per heavy atom. The molecule has 0 unspecified atom stereocenters. The Labute approximate surface area is 104 Å². The summed E-state index contributed by atoms with van der Waals surface area (Å²) in [5.74, 6) is -1.20. The van der Waals surface area contributed by atoms with E-state index in [9.17, 15) is 18.4 Å². The topological polar surface area (TPSA) is 39.0 Å². The number of halogens is 3. The van der Waals surface area contributed by atoms with Gasteiger partial charge in [0.2, 0.25) is 0 Å². The molecule has 94 valence electrons. The van der Waals surface area contributed by atoms with Crippen molar-refractivity contribution < 1.29 is 17.9 Å². The Balaban J connectivity index is 2.46. The standard InChI is InChI=1S/C9H9F3N2OS2/c1-14(15)5-6-4-13-9(17-6)16-3-2-7(10)8(11)12/h4-5H,2-3H2,1H3/b14-5-. The Kier molecular flexibility index (Phi) is 5.49. The number of aromatic nitrogens is 1. The summed E-state index contributed by atoms with van der Waals surface area (Å²) >= 11 is 2.42. The molecule has 0 fully saturated rings. The van der Waals surface area contributed by atoms with E-state index in [1.54, 1.807) is 0 Å². The van der Waals surface area contributed by atoms with Crippen molar-refractivity contribution in [3.8, 4) is 0 Å². The lowest BCUT2D eigenvalue weighted by Gasteiger charge is -1.94. The molecule has 1 aromatic heterocycles. The maximum absolute atomic E-state index is 12.5. The highest BCUT2D eigenvalue weighted by molar-refractivity contribution is 8.01. The second kappa shape index (κ2) is 6.65. The SMILES string of the molecule is C/[N+]([O-])=C/c1cnc(SCCC(F)=C(F)F)s1. The second-order valence-electron chi connectivity index (χ2n) is 2.97. The van der Waals surface area contributed by atoms with Gasteiger partial charge in [-0.1, -0.05) is 11.8 Å². The summed E-state index contributed by atoms with van der Waals surface area (Å²) in [6, 6.07) is 0. The average Bonchev–Trinajstić information content (AvgIpc) is 2.64. The third-order valence-electron chi connectivity index (χ3n) is 1.56. The lowest BCUT2D eigenvalue weighted by molar-refractivity contribution is -0.416. The number of allylic oxidation sites excluding steroid dienone is 1. The van der Waals surface area contributed by atoms with Gasteiger partial charge in [0.1, 0.15) is 11.9 Å². The van der Waals surface area contributed by atoms with Crippen LogP contribution in [-0.4, -0.2) is 28.7 Å². The van der Waals surface area contributed by atoms with Gasteiger partial charge in [0, 0.05) is 12.2 Å². The average molecular weight is 282 g/mol. The number of hydrogen-bond donors (Lipinski definition) is 0. The summed E-state index contributed by atoms with van der Waals surface area (Å²) in [5.41, 5.74) is 0. The lowest BCUT2D eigenvalue weighted by atomic mass is 10.4. The number of thiazole rings is 1. The summed E-state index contributed by atoms with van der Waals surface area (Å²) in [5, 5.41) is 10.7. The summed E-state index contributed by atoms with van der Waals surface area (Å²) in [6.07, 6.45) is 0.256. The Hall–Kier alpha value is -1.02. The number of rotatable bonds is 5. The molecule has 0 radical (unpaired) electrons. The summed E-state index contributed by atoms with van der Waals surface area (Å²) < 4.78 is 37.2. The summed E-state index contributed by atoms with van der Waals surface area (Å²) in [7, 11) is 1.34. The van der Waals surface area contributed by atoms with Crippen LogP contribution in [0.3, 0.4) is 0 Å². The zero-order valence-corrected chi connectivity index (χ0v) is 10.5. The maximum atomic E-state index is 12.5. The number of hydroxylamine groups is 1. The molecule has 0 saturated carbocycles. The van der Waals surface area contributed by atoms with Crippen molar-refractivity contribution in [2.45, 2.75) is 10.8 Å². The van der Waals surface area contributed by atoms with Crippen LogP contribution in [0.15, 0.2) is 22.4 Å². The van der Waals surface area contributed by atoms with Crippen molar-refractivity contribution in [2.75, 3.05) is 12.8 Å². The molecule has 0 atom stereocenters. The van der Waals surface area contributed by atoms with Crippen LogP contribution in [0.1, 0.15) is 11.3 Å². The van der Waals surface area contributed by atoms with Gasteiger partial charge < -0.3 is 5.21 Å². The molecule has 0 aliphatic carbocycles.